The van der Waals surface area contributed by atoms with Crippen molar-refractivity contribution >= 4 is 5.69 Å². The van der Waals surface area contributed by atoms with Gasteiger partial charge in [0.05, 0.1) is 6.10 Å². The van der Waals surface area contributed by atoms with Gasteiger partial charge in [-0.25, -0.2) is 0 Å². The van der Waals surface area contributed by atoms with Gasteiger partial charge in [-0.05, 0) is 38.2 Å². The minimum atomic E-state index is -0.395. The maximum absolute atomic E-state index is 10.2. The van der Waals surface area contributed by atoms with Crippen molar-refractivity contribution in [3.63, 3.8) is 0 Å². The number of para-hydroxylation sites is 1. The van der Waals surface area contributed by atoms with E-state index in [9.17, 15) is 5.11 Å². The fourth-order valence-corrected chi connectivity index (χ4v) is 2.69. The number of hydrogen-bond acceptors (Lipinski definition) is 3. The molecule has 19 heavy (non-hydrogen) atoms. The van der Waals surface area contributed by atoms with E-state index in [1.165, 1.54) is 19.3 Å². The monoisotopic (exact) mass is 263 g/mol. The predicted molar refractivity (Wildman–Crippen MR) is 78.4 cm³/mol. The van der Waals surface area contributed by atoms with Crippen LogP contribution in [-0.4, -0.2) is 29.4 Å². The number of nitrogens with zero attached hydrogens (tertiary/aromatic N) is 1. The maximum atomic E-state index is 10.2. The van der Waals surface area contributed by atoms with Crippen molar-refractivity contribution in [2.24, 2.45) is 0 Å². The number of benzene rings is 1. The van der Waals surface area contributed by atoms with Crippen molar-refractivity contribution in [2.45, 2.75) is 51.2 Å². The molecule has 1 aliphatic rings. The topological polar surface area (TPSA) is 43.7 Å². The minimum absolute atomic E-state index is 0.224. The van der Waals surface area contributed by atoms with Crippen molar-refractivity contribution in [3.8, 4) is 0 Å². The van der Waals surface area contributed by atoms with E-state index in [1.807, 2.05) is 25.1 Å². The maximum Gasteiger partial charge on any atom is 0.0807 e. The lowest BCUT2D eigenvalue weighted by molar-refractivity contribution is 0.173. The van der Waals surface area contributed by atoms with Crippen LogP contribution in [0.3, 0.4) is 0 Å². The number of rotatable bonds is 7. The molecule has 1 aliphatic carbocycles. The fourth-order valence-electron chi connectivity index (χ4n) is 2.69. The van der Waals surface area contributed by atoms with Crippen LogP contribution in [0.25, 0.3) is 0 Å². The first kappa shape index (κ1) is 14.4. The number of hydrogen-bond donors (Lipinski definition) is 2. The molecule has 3 heteroatoms. The Hall–Kier alpha value is -1.06. The van der Waals surface area contributed by atoms with Gasteiger partial charge in [0.1, 0.15) is 0 Å². The molecule has 0 heterocycles. The van der Waals surface area contributed by atoms with Gasteiger partial charge in [0.2, 0.25) is 0 Å². The van der Waals surface area contributed by atoms with E-state index in [1.54, 1.807) is 0 Å². The molecule has 0 saturated heterocycles. The average molecular weight is 263 g/mol. The third-order valence-corrected chi connectivity index (χ3v) is 4.06. The largest absolute Gasteiger partial charge is 0.396 e. The molecule has 0 amide bonds. The Labute approximate surface area is 115 Å². The Morgan fingerprint density at radius 2 is 2.05 bits per heavy atom. The van der Waals surface area contributed by atoms with Crippen molar-refractivity contribution in [3.05, 3.63) is 29.8 Å². The Morgan fingerprint density at radius 3 is 2.63 bits per heavy atom. The fraction of sp³-hybridized carbons (Fsp3) is 0.625. The highest BCUT2D eigenvalue weighted by Crippen LogP contribution is 2.34. The number of aliphatic hydroxyl groups is 2. The molecule has 1 aromatic rings. The Morgan fingerprint density at radius 1 is 1.32 bits per heavy atom. The van der Waals surface area contributed by atoms with Crippen molar-refractivity contribution in [2.75, 3.05) is 18.1 Å². The summed E-state index contributed by atoms with van der Waals surface area (Å²) in [5, 5.41) is 19.3. The summed E-state index contributed by atoms with van der Waals surface area (Å²) >= 11 is 0. The first-order valence-corrected chi connectivity index (χ1v) is 7.42. The van der Waals surface area contributed by atoms with Gasteiger partial charge in [-0.15, -0.1) is 0 Å². The van der Waals surface area contributed by atoms with Gasteiger partial charge in [0.15, 0.2) is 0 Å². The smallest absolute Gasteiger partial charge is 0.0807 e. The van der Waals surface area contributed by atoms with Gasteiger partial charge in [0, 0.05) is 30.4 Å². The lowest BCUT2D eigenvalue weighted by atomic mass is 9.90. The predicted octanol–water partition coefficient (Wildman–Crippen LogP) is 2.87. The highest BCUT2D eigenvalue weighted by molar-refractivity contribution is 5.55. The normalized spacial score (nSPS) is 17.0. The van der Waals surface area contributed by atoms with Crippen LogP contribution in [0.1, 0.15) is 50.7 Å². The second-order valence-corrected chi connectivity index (χ2v) is 5.34. The zero-order chi connectivity index (χ0) is 13.7. The standard InChI is InChI=1S/C16H25NO2/c1-2-16(19)14-9-3-4-10-15(14)17(11-6-12-18)13-7-5-8-13/h3-4,9-10,13,16,18-19H,2,5-8,11-12H2,1H3. The van der Waals surface area contributed by atoms with Gasteiger partial charge >= 0.3 is 0 Å². The summed E-state index contributed by atoms with van der Waals surface area (Å²) in [6.45, 7) is 3.10. The van der Waals surface area contributed by atoms with E-state index < -0.39 is 6.10 Å². The SMILES string of the molecule is CCC(O)c1ccccc1N(CCCO)C1CCC1. The van der Waals surface area contributed by atoms with Crippen LogP contribution in [0, 0.1) is 0 Å². The molecule has 2 rings (SSSR count). The first-order chi connectivity index (χ1) is 9.27. The van der Waals surface area contributed by atoms with Gasteiger partial charge in [-0.3, -0.25) is 0 Å². The third-order valence-electron chi connectivity index (χ3n) is 4.06. The minimum Gasteiger partial charge on any atom is -0.396 e. The molecule has 1 atom stereocenters. The van der Waals surface area contributed by atoms with E-state index >= 15 is 0 Å². The van der Waals surface area contributed by atoms with Crippen LogP contribution in [0.4, 0.5) is 5.69 Å². The van der Waals surface area contributed by atoms with E-state index in [-0.39, 0.29) is 6.61 Å². The van der Waals surface area contributed by atoms with Crippen LogP contribution in [0.15, 0.2) is 24.3 Å². The summed E-state index contributed by atoms with van der Waals surface area (Å²) in [7, 11) is 0. The molecule has 1 aromatic carbocycles. The summed E-state index contributed by atoms with van der Waals surface area (Å²) in [5.74, 6) is 0. The molecule has 1 unspecified atom stereocenters. The lowest BCUT2D eigenvalue weighted by Gasteiger charge is -2.40. The molecule has 1 saturated carbocycles. The molecular formula is C16H25NO2. The van der Waals surface area contributed by atoms with E-state index in [2.05, 4.69) is 11.0 Å². The number of aliphatic hydroxyl groups excluding tert-OH is 2. The van der Waals surface area contributed by atoms with Crippen LogP contribution in [-0.2, 0) is 0 Å². The summed E-state index contributed by atoms with van der Waals surface area (Å²) in [6, 6.07) is 8.73. The zero-order valence-corrected chi connectivity index (χ0v) is 11.8. The van der Waals surface area contributed by atoms with Gasteiger partial charge in [0.25, 0.3) is 0 Å². The molecule has 2 N–H and O–H groups in total. The van der Waals surface area contributed by atoms with Crippen LogP contribution >= 0.6 is 0 Å². The van der Waals surface area contributed by atoms with Crippen molar-refractivity contribution in [1.29, 1.82) is 0 Å². The molecule has 0 bridgehead atoms. The second kappa shape index (κ2) is 6.92. The van der Waals surface area contributed by atoms with E-state index in [0.29, 0.717) is 6.04 Å². The van der Waals surface area contributed by atoms with E-state index in [0.717, 1.165) is 30.6 Å². The summed E-state index contributed by atoms with van der Waals surface area (Å²) in [4.78, 5) is 2.38. The van der Waals surface area contributed by atoms with Gasteiger partial charge in [-0.1, -0.05) is 25.1 Å². The summed E-state index contributed by atoms with van der Waals surface area (Å²) in [6.07, 6.45) is 4.86. The Bertz CT molecular complexity index is 390. The van der Waals surface area contributed by atoms with Gasteiger partial charge in [-0.2, -0.15) is 0 Å². The molecule has 0 aliphatic heterocycles. The molecule has 0 aromatic heterocycles. The summed E-state index contributed by atoms with van der Waals surface area (Å²) in [5.41, 5.74) is 2.17. The Balaban J connectivity index is 2.24. The lowest BCUT2D eigenvalue weighted by Crippen LogP contribution is -2.41. The van der Waals surface area contributed by atoms with Gasteiger partial charge < -0.3 is 15.1 Å². The van der Waals surface area contributed by atoms with Crippen molar-refractivity contribution < 1.29 is 10.2 Å². The molecule has 0 radical (unpaired) electrons. The van der Waals surface area contributed by atoms with Crippen LogP contribution in [0.5, 0.6) is 0 Å². The van der Waals surface area contributed by atoms with Crippen molar-refractivity contribution in [1.82, 2.24) is 0 Å². The molecule has 1 fully saturated rings. The molecular weight excluding hydrogens is 238 g/mol. The number of anilines is 1. The molecule has 3 nitrogen and oxygen atoms in total. The third kappa shape index (κ3) is 3.28. The van der Waals surface area contributed by atoms with E-state index in [4.69, 9.17) is 5.11 Å². The summed E-state index contributed by atoms with van der Waals surface area (Å²) < 4.78 is 0. The molecule has 0 spiro atoms. The highest BCUT2D eigenvalue weighted by atomic mass is 16.3. The second-order valence-electron chi connectivity index (χ2n) is 5.34. The van der Waals surface area contributed by atoms with Crippen LogP contribution < -0.4 is 4.90 Å². The molecule has 106 valence electrons. The zero-order valence-electron chi connectivity index (χ0n) is 11.8. The highest BCUT2D eigenvalue weighted by Gasteiger charge is 2.27. The first-order valence-electron chi connectivity index (χ1n) is 7.42. The van der Waals surface area contributed by atoms with Crippen LogP contribution in [0.2, 0.25) is 0 Å². The Kier molecular flexibility index (Phi) is 5.23. The average Bonchev–Trinajstić information content (AvgIpc) is 2.40. The quantitative estimate of drug-likeness (QED) is 0.795.